The van der Waals surface area contributed by atoms with Crippen LogP contribution in [-0.2, 0) is 6.42 Å². The molecule has 5 heteroatoms. The molecule has 0 aliphatic carbocycles. The fourth-order valence-electron chi connectivity index (χ4n) is 2.62. The Hall–Kier alpha value is -2.56. The lowest BCUT2D eigenvalue weighted by molar-refractivity contribution is 0.604. The molecule has 1 aromatic carbocycles. The molecule has 2 aromatic heterocycles. The highest BCUT2D eigenvalue weighted by molar-refractivity contribution is 5.39. The van der Waals surface area contributed by atoms with Gasteiger partial charge in [0.15, 0.2) is 5.82 Å². The summed E-state index contributed by atoms with van der Waals surface area (Å²) in [5, 5.41) is 0. The van der Waals surface area contributed by atoms with Gasteiger partial charge in [-0.1, -0.05) is 18.2 Å². The standard InChI is InChI=1S/C17H17FN4/c1-11-4-3-5-14(12(11)2)15(16-9-19-10-22-16)6-17-20-7-13(18)8-21-17/h3-5,7-10,15H,6H2,1-2H3,(H,19,22). The first-order valence-electron chi connectivity index (χ1n) is 7.16. The zero-order valence-electron chi connectivity index (χ0n) is 12.5. The quantitative estimate of drug-likeness (QED) is 0.803. The summed E-state index contributed by atoms with van der Waals surface area (Å²) in [5.41, 5.74) is 4.69. The van der Waals surface area contributed by atoms with E-state index in [4.69, 9.17) is 0 Å². The number of H-pyrrole nitrogens is 1. The molecule has 1 atom stereocenters. The van der Waals surface area contributed by atoms with Crippen molar-refractivity contribution in [2.75, 3.05) is 0 Å². The van der Waals surface area contributed by atoms with E-state index in [9.17, 15) is 4.39 Å². The highest BCUT2D eigenvalue weighted by Gasteiger charge is 2.20. The van der Waals surface area contributed by atoms with Crippen molar-refractivity contribution in [1.82, 2.24) is 19.9 Å². The van der Waals surface area contributed by atoms with Crippen molar-refractivity contribution in [3.8, 4) is 0 Å². The second-order valence-corrected chi connectivity index (χ2v) is 5.37. The van der Waals surface area contributed by atoms with E-state index in [-0.39, 0.29) is 5.92 Å². The number of halogens is 1. The van der Waals surface area contributed by atoms with E-state index in [0.29, 0.717) is 12.2 Å². The van der Waals surface area contributed by atoms with Gasteiger partial charge in [-0.3, -0.25) is 0 Å². The van der Waals surface area contributed by atoms with E-state index in [0.717, 1.165) is 5.69 Å². The van der Waals surface area contributed by atoms with Crippen LogP contribution < -0.4 is 0 Å². The van der Waals surface area contributed by atoms with Crippen molar-refractivity contribution in [2.24, 2.45) is 0 Å². The van der Waals surface area contributed by atoms with E-state index >= 15 is 0 Å². The molecular formula is C17H17FN4. The third kappa shape index (κ3) is 2.88. The smallest absolute Gasteiger partial charge is 0.159 e. The minimum Gasteiger partial charge on any atom is -0.348 e. The maximum Gasteiger partial charge on any atom is 0.159 e. The van der Waals surface area contributed by atoms with Crippen LogP contribution in [0.3, 0.4) is 0 Å². The van der Waals surface area contributed by atoms with Gasteiger partial charge in [0.25, 0.3) is 0 Å². The summed E-state index contributed by atoms with van der Waals surface area (Å²) in [6, 6.07) is 6.25. The molecule has 0 amide bonds. The van der Waals surface area contributed by atoms with Gasteiger partial charge in [0.2, 0.25) is 0 Å². The van der Waals surface area contributed by atoms with Crippen molar-refractivity contribution in [2.45, 2.75) is 26.2 Å². The summed E-state index contributed by atoms with van der Waals surface area (Å²) in [6.45, 7) is 4.21. The van der Waals surface area contributed by atoms with Gasteiger partial charge in [-0.2, -0.15) is 0 Å². The van der Waals surface area contributed by atoms with Crippen LogP contribution in [0, 0.1) is 19.7 Å². The predicted octanol–water partition coefficient (Wildman–Crippen LogP) is 3.33. The molecule has 0 saturated carbocycles. The number of aromatic amines is 1. The maximum absolute atomic E-state index is 13.0. The number of hydrogen-bond donors (Lipinski definition) is 1. The monoisotopic (exact) mass is 296 g/mol. The zero-order chi connectivity index (χ0) is 15.5. The largest absolute Gasteiger partial charge is 0.348 e. The topological polar surface area (TPSA) is 54.5 Å². The third-order valence-corrected chi connectivity index (χ3v) is 3.98. The first-order chi connectivity index (χ1) is 10.6. The van der Waals surface area contributed by atoms with Crippen LogP contribution in [0.4, 0.5) is 4.39 Å². The lowest BCUT2D eigenvalue weighted by Crippen LogP contribution is -2.10. The van der Waals surface area contributed by atoms with E-state index in [1.807, 2.05) is 12.3 Å². The number of nitrogens with one attached hydrogen (secondary N) is 1. The van der Waals surface area contributed by atoms with E-state index in [1.165, 1.54) is 29.1 Å². The molecule has 0 bridgehead atoms. The molecule has 22 heavy (non-hydrogen) atoms. The summed E-state index contributed by atoms with van der Waals surface area (Å²) in [6.07, 6.45) is 6.48. The lowest BCUT2D eigenvalue weighted by Gasteiger charge is -2.18. The summed E-state index contributed by atoms with van der Waals surface area (Å²) >= 11 is 0. The summed E-state index contributed by atoms with van der Waals surface area (Å²) in [4.78, 5) is 15.5. The number of aromatic nitrogens is 4. The second-order valence-electron chi connectivity index (χ2n) is 5.37. The van der Waals surface area contributed by atoms with Crippen LogP contribution in [-0.4, -0.2) is 19.9 Å². The second kappa shape index (κ2) is 6.05. The number of benzene rings is 1. The van der Waals surface area contributed by atoms with Crippen molar-refractivity contribution in [3.05, 3.63) is 77.1 Å². The molecule has 0 spiro atoms. The average Bonchev–Trinajstić information content (AvgIpc) is 3.04. The number of aryl methyl sites for hydroxylation is 1. The first-order valence-corrected chi connectivity index (χ1v) is 7.16. The van der Waals surface area contributed by atoms with Crippen molar-refractivity contribution in [3.63, 3.8) is 0 Å². The van der Waals surface area contributed by atoms with Gasteiger partial charge in [-0.05, 0) is 30.5 Å². The SMILES string of the molecule is Cc1cccc(C(Cc2ncc(F)cn2)c2cnc[nH]2)c1C. The predicted molar refractivity (Wildman–Crippen MR) is 82.0 cm³/mol. The van der Waals surface area contributed by atoms with Crippen LogP contribution in [0.2, 0.25) is 0 Å². The molecule has 3 aromatic rings. The van der Waals surface area contributed by atoms with Crippen LogP contribution in [0.1, 0.15) is 34.1 Å². The van der Waals surface area contributed by atoms with Crippen LogP contribution in [0.15, 0.2) is 43.1 Å². The van der Waals surface area contributed by atoms with Gasteiger partial charge in [0, 0.05) is 24.2 Å². The van der Waals surface area contributed by atoms with Gasteiger partial charge < -0.3 is 4.98 Å². The fraction of sp³-hybridized carbons (Fsp3) is 0.235. The maximum atomic E-state index is 13.0. The van der Waals surface area contributed by atoms with Gasteiger partial charge in [0.05, 0.1) is 18.7 Å². The molecule has 0 saturated heterocycles. The van der Waals surface area contributed by atoms with Crippen LogP contribution >= 0.6 is 0 Å². The third-order valence-electron chi connectivity index (χ3n) is 3.98. The molecule has 0 aliphatic rings. The number of imidazole rings is 1. The molecule has 4 nitrogen and oxygen atoms in total. The molecule has 0 radical (unpaired) electrons. The molecule has 112 valence electrons. The Labute approximate surface area is 128 Å². The Kier molecular flexibility index (Phi) is 3.96. The van der Waals surface area contributed by atoms with Crippen molar-refractivity contribution < 1.29 is 4.39 Å². The highest BCUT2D eigenvalue weighted by atomic mass is 19.1. The minimum absolute atomic E-state index is 0.0628. The van der Waals surface area contributed by atoms with Crippen LogP contribution in [0.25, 0.3) is 0 Å². The molecule has 2 heterocycles. The Morgan fingerprint density at radius 2 is 1.91 bits per heavy atom. The van der Waals surface area contributed by atoms with Crippen LogP contribution in [0.5, 0.6) is 0 Å². The van der Waals surface area contributed by atoms with Crippen molar-refractivity contribution in [1.29, 1.82) is 0 Å². The molecule has 1 N–H and O–H groups in total. The average molecular weight is 296 g/mol. The Morgan fingerprint density at radius 3 is 2.59 bits per heavy atom. The van der Waals surface area contributed by atoms with Gasteiger partial charge in [-0.15, -0.1) is 0 Å². The molecule has 3 rings (SSSR count). The lowest BCUT2D eigenvalue weighted by atomic mass is 9.87. The summed E-state index contributed by atoms with van der Waals surface area (Å²) in [5.74, 6) is 0.253. The first kappa shape index (κ1) is 14.4. The Morgan fingerprint density at radius 1 is 1.14 bits per heavy atom. The van der Waals surface area contributed by atoms with E-state index < -0.39 is 5.82 Å². The number of nitrogens with zero attached hydrogens (tertiary/aromatic N) is 3. The summed E-state index contributed by atoms with van der Waals surface area (Å²) in [7, 11) is 0. The van der Waals surface area contributed by atoms with Gasteiger partial charge >= 0.3 is 0 Å². The molecule has 0 fully saturated rings. The summed E-state index contributed by atoms with van der Waals surface area (Å²) < 4.78 is 13.0. The Balaban J connectivity index is 2.01. The molecule has 1 unspecified atom stereocenters. The van der Waals surface area contributed by atoms with E-state index in [2.05, 4.69) is 45.9 Å². The fourth-order valence-corrected chi connectivity index (χ4v) is 2.62. The molecule has 0 aliphatic heterocycles. The van der Waals surface area contributed by atoms with Gasteiger partial charge in [0.1, 0.15) is 5.82 Å². The Bertz CT molecular complexity index is 751. The van der Waals surface area contributed by atoms with Crippen molar-refractivity contribution >= 4 is 0 Å². The number of rotatable bonds is 4. The minimum atomic E-state index is -0.423. The van der Waals surface area contributed by atoms with E-state index in [1.54, 1.807) is 6.33 Å². The van der Waals surface area contributed by atoms with Gasteiger partial charge in [-0.25, -0.2) is 19.3 Å². The molecular weight excluding hydrogens is 279 g/mol. The highest BCUT2D eigenvalue weighted by Crippen LogP contribution is 2.29. The normalized spacial score (nSPS) is 12.3. The zero-order valence-corrected chi connectivity index (χ0v) is 12.5. The number of hydrogen-bond acceptors (Lipinski definition) is 3.